The van der Waals surface area contributed by atoms with Gasteiger partial charge in [-0.15, -0.1) is 0 Å². The Hall–Kier alpha value is -0.793. The van der Waals surface area contributed by atoms with E-state index in [0.29, 0.717) is 42.1 Å². The zero-order chi connectivity index (χ0) is 32.1. The van der Waals surface area contributed by atoms with Gasteiger partial charge in [-0.2, -0.15) is 0 Å². The first kappa shape index (κ1) is 36.7. The molecular weight excluding hydrogens is 552 g/mol. The van der Waals surface area contributed by atoms with E-state index in [-0.39, 0.29) is 41.5 Å². The van der Waals surface area contributed by atoms with Crippen molar-refractivity contribution in [3.8, 4) is 0 Å². The lowest BCUT2D eigenvalue weighted by Gasteiger charge is -2.41. The molecule has 1 aliphatic carbocycles. The van der Waals surface area contributed by atoms with Crippen molar-refractivity contribution in [2.24, 2.45) is 41.4 Å². The van der Waals surface area contributed by atoms with Gasteiger partial charge in [0.05, 0.1) is 37.1 Å². The highest BCUT2D eigenvalue weighted by Crippen LogP contribution is 2.43. The van der Waals surface area contributed by atoms with Gasteiger partial charge in [0.2, 0.25) is 0 Å². The summed E-state index contributed by atoms with van der Waals surface area (Å²) in [6.07, 6.45) is 15.7. The largest absolute Gasteiger partial charge is 0.413 e. The molecule has 0 aromatic carbocycles. The van der Waals surface area contributed by atoms with Gasteiger partial charge in [0.1, 0.15) is 6.29 Å². The van der Waals surface area contributed by atoms with Crippen molar-refractivity contribution in [2.75, 3.05) is 13.7 Å². The van der Waals surface area contributed by atoms with E-state index in [2.05, 4.69) is 93.6 Å². The van der Waals surface area contributed by atoms with Crippen LogP contribution >= 0.6 is 0 Å². The van der Waals surface area contributed by atoms with Crippen LogP contribution in [0.3, 0.4) is 0 Å². The molecule has 3 aliphatic rings. The van der Waals surface area contributed by atoms with E-state index in [9.17, 15) is 4.79 Å². The number of hydrogen-bond acceptors (Lipinski definition) is 5. The SMILES string of the molecule is CO[C@@H](C)[C@H]1C[C@H](C)[C@H]([C@@H](C)/C=C/[C@@H]2CC[C@@H](C)[C@H](/C(=C/[C@H]3CCC[C@@H](C)[C@@H]3[C@@H](C)C=O)CO[Si](C)(C)C(C)(C)C)O2)O1. The average Bonchev–Trinajstić information content (AvgIpc) is 3.35. The van der Waals surface area contributed by atoms with Crippen LogP contribution in [0.4, 0.5) is 0 Å². The van der Waals surface area contributed by atoms with Gasteiger partial charge in [0.15, 0.2) is 8.32 Å². The lowest BCUT2D eigenvalue weighted by atomic mass is 9.67. The molecule has 2 aliphatic heterocycles. The third-order valence-corrected chi connectivity index (χ3v) is 16.1. The second kappa shape index (κ2) is 15.7. The summed E-state index contributed by atoms with van der Waals surface area (Å²) in [4.78, 5) is 12.0. The van der Waals surface area contributed by atoms with Crippen molar-refractivity contribution in [2.45, 2.75) is 149 Å². The fourth-order valence-electron chi connectivity index (χ4n) is 7.62. The molecule has 0 radical (unpaired) electrons. The van der Waals surface area contributed by atoms with Crippen LogP contribution < -0.4 is 0 Å². The average molecular weight is 619 g/mol. The second-order valence-electron chi connectivity index (χ2n) is 16.1. The van der Waals surface area contributed by atoms with Gasteiger partial charge < -0.3 is 23.4 Å². The lowest BCUT2D eigenvalue weighted by Crippen LogP contribution is -2.43. The van der Waals surface area contributed by atoms with Crippen LogP contribution in [0.1, 0.15) is 101 Å². The van der Waals surface area contributed by atoms with E-state index in [0.717, 1.165) is 25.7 Å². The molecule has 2 saturated heterocycles. The predicted octanol–water partition coefficient (Wildman–Crippen LogP) is 9.03. The summed E-state index contributed by atoms with van der Waals surface area (Å²) in [7, 11) is -0.184. The van der Waals surface area contributed by atoms with Crippen LogP contribution in [0.25, 0.3) is 0 Å². The fraction of sp³-hybridized carbons (Fsp3) is 0.865. The molecule has 0 spiro atoms. The summed E-state index contributed by atoms with van der Waals surface area (Å²) < 4.78 is 25.9. The highest BCUT2D eigenvalue weighted by molar-refractivity contribution is 6.74. The number of allylic oxidation sites excluding steroid dienone is 1. The van der Waals surface area contributed by atoms with E-state index in [1.807, 2.05) is 0 Å². The van der Waals surface area contributed by atoms with E-state index in [1.165, 1.54) is 24.7 Å². The molecule has 12 atom stereocenters. The number of ether oxygens (including phenoxy) is 3. The quantitative estimate of drug-likeness (QED) is 0.124. The molecule has 1 saturated carbocycles. The standard InChI is InChI=1S/C37H66O5Si/c1-24-14-13-15-30(34(24)28(5)22-38)21-31(23-40-43(11,12)37(7,8)9)36-26(3)17-19-32(41-36)18-16-25(2)35-27(4)20-33(42-35)29(6)39-10/h16,18,21-22,24-30,32-36H,13-15,17,19-20,23H2,1-12H3/b18-16+,31-21+/t24-,25+,26-,27+,28+,29+,30-,32-,33-,34-,35+,36-/m1/s1. The fourth-order valence-corrected chi connectivity index (χ4v) is 8.58. The van der Waals surface area contributed by atoms with Gasteiger partial charge in [0, 0.05) is 18.9 Å². The molecule has 248 valence electrons. The normalized spacial score (nSPS) is 36.9. The van der Waals surface area contributed by atoms with Gasteiger partial charge in [-0.25, -0.2) is 0 Å². The van der Waals surface area contributed by atoms with Crippen LogP contribution in [-0.2, 0) is 23.4 Å². The van der Waals surface area contributed by atoms with Crippen LogP contribution in [0.15, 0.2) is 23.8 Å². The minimum Gasteiger partial charge on any atom is -0.413 e. The summed E-state index contributed by atoms with van der Waals surface area (Å²) >= 11 is 0. The molecule has 3 rings (SSSR count). The first-order valence-corrected chi connectivity index (χ1v) is 20.3. The molecule has 0 aromatic heterocycles. The van der Waals surface area contributed by atoms with Crippen molar-refractivity contribution in [3.05, 3.63) is 23.8 Å². The van der Waals surface area contributed by atoms with Crippen molar-refractivity contribution in [1.82, 2.24) is 0 Å². The van der Waals surface area contributed by atoms with Gasteiger partial charge >= 0.3 is 0 Å². The van der Waals surface area contributed by atoms with Crippen LogP contribution in [0, 0.1) is 41.4 Å². The Balaban J connectivity index is 1.83. The zero-order valence-corrected chi connectivity index (χ0v) is 30.7. The van der Waals surface area contributed by atoms with Crippen molar-refractivity contribution in [1.29, 1.82) is 0 Å². The maximum atomic E-state index is 12.0. The van der Waals surface area contributed by atoms with E-state index in [1.54, 1.807) is 7.11 Å². The number of methoxy groups -OCH3 is 1. The van der Waals surface area contributed by atoms with Crippen molar-refractivity contribution in [3.63, 3.8) is 0 Å². The number of rotatable bonds is 12. The first-order chi connectivity index (χ1) is 20.1. The Morgan fingerprint density at radius 3 is 2.28 bits per heavy atom. The molecule has 0 N–H and O–H groups in total. The molecule has 0 amide bonds. The minimum atomic E-state index is -1.95. The van der Waals surface area contributed by atoms with Crippen molar-refractivity contribution < 1.29 is 23.4 Å². The highest BCUT2D eigenvalue weighted by Gasteiger charge is 2.41. The molecule has 0 aromatic rings. The van der Waals surface area contributed by atoms with E-state index in [4.69, 9.17) is 18.6 Å². The van der Waals surface area contributed by atoms with Crippen LogP contribution in [0.5, 0.6) is 0 Å². The lowest BCUT2D eigenvalue weighted by molar-refractivity contribution is -0.113. The Kier molecular flexibility index (Phi) is 13.4. The molecule has 43 heavy (non-hydrogen) atoms. The number of carbonyl (C=O) groups is 1. The monoisotopic (exact) mass is 618 g/mol. The third-order valence-electron chi connectivity index (χ3n) is 11.7. The second-order valence-corrected chi connectivity index (χ2v) is 20.9. The van der Waals surface area contributed by atoms with E-state index >= 15 is 0 Å². The Bertz CT molecular complexity index is 938. The molecule has 2 heterocycles. The Morgan fingerprint density at radius 1 is 0.953 bits per heavy atom. The summed E-state index contributed by atoms with van der Waals surface area (Å²) in [5, 5.41) is 0.145. The van der Waals surface area contributed by atoms with Gasteiger partial charge in [0.25, 0.3) is 0 Å². The number of aldehydes is 1. The topological polar surface area (TPSA) is 54.0 Å². The zero-order valence-electron chi connectivity index (χ0n) is 29.7. The van der Waals surface area contributed by atoms with Crippen LogP contribution in [0.2, 0.25) is 18.1 Å². The molecule has 3 fully saturated rings. The van der Waals surface area contributed by atoms with Crippen molar-refractivity contribution >= 4 is 14.6 Å². The molecule has 0 unspecified atom stereocenters. The summed E-state index contributed by atoms with van der Waals surface area (Å²) in [5.74, 6) is 2.62. The van der Waals surface area contributed by atoms with Gasteiger partial charge in [-0.3, -0.25) is 0 Å². The highest BCUT2D eigenvalue weighted by atomic mass is 28.4. The summed E-state index contributed by atoms with van der Waals surface area (Å²) in [6.45, 7) is 25.7. The molecule has 6 heteroatoms. The van der Waals surface area contributed by atoms with Crippen LogP contribution in [-0.4, -0.2) is 58.8 Å². The molecular formula is C37H66O5Si. The number of hydrogen-bond donors (Lipinski definition) is 0. The maximum Gasteiger partial charge on any atom is 0.192 e. The minimum absolute atomic E-state index is 0.0291. The predicted molar refractivity (Wildman–Crippen MR) is 181 cm³/mol. The maximum absolute atomic E-state index is 12.0. The van der Waals surface area contributed by atoms with Gasteiger partial charge in [-0.1, -0.05) is 86.5 Å². The Morgan fingerprint density at radius 2 is 1.65 bits per heavy atom. The van der Waals surface area contributed by atoms with Gasteiger partial charge in [-0.05, 0) is 85.9 Å². The molecule has 0 bridgehead atoms. The first-order valence-electron chi connectivity index (χ1n) is 17.4. The van der Waals surface area contributed by atoms with E-state index < -0.39 is 8.32 Å². The Labute approximate surface area is 266 Å². The summed E-state index contributed by atoms with van der Waals surface area (Å²) in [5.41, 5.74) is 1.30. The molecule has 5 nitrogen and oxygen atoms in total. The number of carbonyl (C=O) groups excluding carboxylic acids is 1. The third kappa shape index (κ3) is 9.37. The summed E-state index contributed by atoms with van der Waals surface area (Å²) in [6, 6.07) is 0. The smallest absolute Gasteiger partial charge is 0.192 e.